The fraction of sp³-hybridized carbons (Fsp3) is 1.00. The molecule has 8 heteroatoms. The van der Waals surface area contributed by atoms with Gasteiger partial charge in [-0.25, -0.2) is 4.18 Å². The molecule has 7 nitrogen and oxygen atoms in total. The summed E-state index contributed by atoms with van der Waals surface area (Å²) in [6, 6.07) is 0.701. The normalized spacial score (nSPS) is 39.1. The molecule has 4 aliphatic rings. The van der Waals surface area contributed by atoms with Crippen molar-refractivity contribution in [2.24, 2.45) is 52.1 Å². The number of rotatable bonds is 15. The molecule has 0 bridgehead atoms. The van der Waals surface area contributed by atoms with E-state index in [0.29, 0.717) is 29.2 Å². The summed E-state index contributed by atoms with van der Waals surface area (Å²) in [7, 11) is -4.33. The lowest BCUT2D eigenvalue weighted by Gasteiger charge is -2.61. The molecule has 0 aliphatic heterocycles. The van der Waals surface area contributed by atoms with Crippen molar-refractivity contribution < 1.29 is 17.2 Å². The molecule has 0 radical (unpaired) electrons. The average molecular weight is 570 g/mol. The van der Waals surface area contributed by atoms with Crippen LogP contribution in [0.5, 0.6) is 0 Å². The van der Waals surface area contributed by atoms with E-state index in [-0.39, 0.29) is 6.61 Å². The van der Waals surface area contributed by atoms with Crippen molar-refractivity contribution in [1.82, 2.24) is 10.6 Å². The first-order chi connectivity index (χ1) is 18.6. The first-order valence-corrected chi connectivity index (χ1v) is 17.7. The zero-order valence-corrected chi connectivity index (χ0v) is 26.0. The van der Waals surface area contributed by atoms with Crippen molar-refractivity contribution in [2.45, 2.75) is 117 Å². The lowest BCUT2D eigenvalue weighted by atomic mass is 9.44. The van der Waals surface area contributed by atoms with Crippen LogP contribution in [-0.2, 0) is 14.6 Å². The Balaban J connectivity index is 1.25. The number of nitrogens with one attached hydrogen (secondary N) is 2. The van der Waals surface area contributed by atoms with Gasteiger partial charge >= 0.3 is 10.4 Å². The van der Waals surface area contributed by atoms with E-state index in [0.717, 1.165) is 68.6 Å². The largest absolute Gasteiger partial charge is 0.397 e. The first-order valence-electron chi connectivity index (χ1n) is 16.3. The summed E-state index contributed by atoms with van der Waals surface area (Å²) < 4.78 is 35.2. The third-order valence-corrected chi connectivity index (χ3v) is 12.7. The predicted octanol–water partition coefficient (Wildman–Crippen LogP) is 5.56. The van der Waals surface area contributed by atoms with Crippen LogP contribution in [0.15, 0.2) is 0 Å². The molecular formula is C31H59N3O4S. The minimum atomic E-state index is -4.33. The van der Waals surface area contributed by atoms with Gasteiger partial charge in [0.05, 0.1) is 6.61 Å². The first kappa shape index (κ1) is 31.7. The second kappa shape index (κ2) is 13.8. The summed E-state index contributed by atoms with van der Waals surface area (Å²) in [4.78, 5) is 0. The minimum absolute atomic E-state index is 0.0858. The Bertz CT molecular complexity index is 872. The molecule has 0 saturated heterocycles. The highest BCUT2D eigenvalue weighted by molar-refractivity contribution is 7.80. The lowest BCUT2D eigenvalue weighted by molar-refractivity contribution is -0.118. The fourth-order valence-electron chi connectivity index (χ4n) is 10.2. The zero-order chi connectivity index (χ0) is 28.1. The Morgan fingerprint density at radius 2 is 1.67 bits per heavy atom. The van der Waals surface area contributed by atoms with E-state index in [1.165, 1.54) is 70.6 Å². The molecule has 9 atom stereocenters. The Kier molecular flexibility index (Phi) is 11.2. The Labute approximate surface area is 239 Å². The Hall–Kier alpha value is -0.250. The molecule has 39 heavy (non-hydrogen) atoms. The van der Waals surface area contributed by atoms with Crippen LogP contribution in [-0.4, -0.2) is 51.8 Å². The van der Waals surface area contributed by atoms with Gasteiger partial charge in [0.15, 0.2) is 0 Å². The van der Waals surface area contributed by atoms with Gasteiger partial charge in [0.1, 0.15) is 0 Å². The number of hydrogen-bond acceptors (Lipinski definition) is 6. The molecule has 4 saturated carbocycles. The molecule has 4 aliphatic carbocycles. The van der Waals surface area contributed by atoms with Crippen molar-refractivity contribution in [3.8, 4) is 0 Å². The van der Waals surface area contributed by atoms with Gasteiger partial charge in [0.2, 0.25) is 0 Å². The smallest absolute Gasteiger partial charge is 0.330 e. The highest BCUT2D eigenvalue weighted by atomic mass is 32.3. The molecule has 4 rings (SSSR count). The fourth-order valence-corrected chi connectivity index (χ4v) is 10.6. The molecule has 4 fully saturated rings. The van der Waals surface area contributed by atoms with Gasteiger partial charge in [0.25, 0.3) is 0 Å². The van der Waals surface area contributed by atoms with Gasteiger partial charge in [-0.1, -0.05) is 20.8 Å². The highest BCUT2D eigenvalue weighted by Gasteiger charge is 2.60. The predicted molar refractivity (Wildman–Crippen MR) is 159 cm³/mol. The summed E-state index contributed by atoms with van der Waals surface area (Å²) in [5.41, 5.74) is 6.52. The molecule has 0 aromatic carbocycles. The van der Waals surface area contributed by atoms with Crippen molar-refractivity contribution in [3.05, 3.63) is 0 Å². The molecule has 0 amide bonds. The quantitative estimate of drug-likeness (QED) is 0.151. The maximum atomic E-state index is 10.9. The van der Waals surface area contributed by atoms with E-state index < -0.39 is 10.4 Å². The van der Waals surface area contributed by atoms with E-state index >= 15 is 0 Å². The molecule has 0 aromatic heterocycles. The van der Waals surface area contributed by atoms with Crippen molar-refractivity contribution in [3.63, 3.8) is 0 Å². The molecular weight excluding hydrogens is 510 g/mol. The molecule has 5 N–H and O–H groups in total. The molecule has 0 aromatic rings. The van der Waals surface area contributed by atoms with Gasteiger partial charge < -0.3 is 16.4 Å². The van der Waals surface area contributed by atoms with Crippen LogP contribution in [0.4, 0.5) is 0 Å². The summed E-state index contributed by atoms with van der Waals surface area (Å²) in [5.74, 6) is 4.79. The molecule has 0 heterocycles. The van der Waals surface area contributed by atoms with Crippen LogP contribution < -0.4 is 16.4 Å². The van der Waals surface area contributed by atoms with Crippen molar-refractivity contribution in [2.75, 3.05) is 32.8 Å². The van der Waals surface area contributed by atoms with Crippen LogP contribution in [0.25, 0.3) is 0 Å². The maximum absolute atomic E-state index is 10.9. The summed E-state index contributed by atoms with van der Waals surface area (Å²) >= 11 is 0. The van der Waals surface area contributed by atoms with E-state index in [1.54, 1.807) is 0 Å². The average Bonchev–Trinajstić information content (AvgIpc) is 3.25. The van der Waals surface area contributed by atoms with Crippen molar-refractivity contribution >= 4 is 10.4 Å². The van der Waals surface area contributed by atoms with E-state index in [1.807, 2.05) is 0 Å². The number of nitrogens with two attached hydrogens (primary N) is 1. The van der Waals surface area contributed by atoms with Crippen LogP contribution in [0, 0.1) is 46.3 Å². The van der Waals surface area contributed by atoms with Gasteiger partial charge in [-0.2, -0.15) is 8.42 Å². The van der Waals surface area contributed by atoms with Crippen LogP contribution in [0.3, 0.4) is 0 Å². The number of unbranched alkanes of at least 4 members (excludes halogenated alkanes) is 1. The standard InChI is InChI=1S/C31H59N3O4S/c1-23(8-6-21-38-39(35,36)37)27-11-12-28-26-10-9-24-22-25(34-20-7-19-33-18-5-4-17-32)13-15-30(24,2)29(26)14-16-31(27,28)3/h23-29,33-34H,4-22,32H2,1-3H3,(H,35,36,37)/t23-,24+,25+,26?,27-,28?,29?,30+,31-/m1/s1. The monoisotopic (exact) mass is 569 g/mol. The Morgan fingerprint density at radius 1 is 0.923 bits per heavy atom. The highest BCUT2D eigenvalue weighted by Crippen LogP contribution is 2.68. The summed E-state index contributed by atoms with van der Waals surface area (Å²) in [5, 5.41) is 7.48. The SMILES string of the molecule is C[C@H](CCCOS(=O)(=O)O)[C@H]1CCC2C3CC[C@H]4C[C@@H](NCCCNCCCCN)CC[C@]4(C)C3CC[C@@]21C. The summed E-state index contributed by atoms with van der Waals surface area (Å²) in [6.07, 6.45) is 17.6. The van der Waals surface area contributed by atoms with E-state index in [9.17, 15) is 8.42 Å². The molecule has 228 valence electrons. The second-order valence-corrected chi connectivity index (χ2v) is 15.4. The molecule has 0 spiro atoms. The number of hydrogen-bond donors (Lipinski definition) is 4. The van der Waals surface area contributed by atoms with Gasteiger partial charge in [-0.3, -0.25) is 4.55 Å². The van der Waals surface area contributed by atoms with Crippen molar-refractivity contribution in [1.29, 1.82) is 0 Å². The summed E-state index contributed by atoms with van der Waals surface area (Å²) in [6.45, 7) is 11.8. The third kappa shape index (κ3) is 7.59. The molecule has 3 unspecified atom stereocenters. The third-order valence-electron chi connectivity index (χ3n) is 12.2. The number of fused-ring (bicyclic) bond motifs is 5. The minimum Gasteiger partial charge on any atom is -0.330 e. The topological polar surface area (TPSA) is 114 Å². The Morgan fingerprint density at radius 3 is 2.44 bits per heavy atom. The maximum Gasteiger partial charge on any atom is 0.397 e. The second-order valence-electron chi connectivity index (χ2n) is 14.3. The van der Waals surface area contributed by atoms with E-state index in [4.69, 9.17) is 10.3 Å². The van der Waals surface area contributed by atoms with Crippen LogP contribution >= 0.6 is 0 Å². The van der Waals surface area contributed by atoms with E-state index in [2.05, 4.69) is 35.6 Å². The van der Waals surface area contributed by atoms with Crippen LogP contribution in [0.1, 0.15) is 111 Å². The zero-order valence-electron chi connectivity index (χ0n) is 25.1. The van der Waals surface area contributed by atoms with Gasteiger partial charge in [0, 0.05) is 6.04 Å². The lowest BCUT2D eigenvalue weighted by Crippen LogP contribution is -2.55. The van der Waals surface area contributed by atoms with Gasteiger partial charge in [-0.15, -0.1) is 0 Å². The van der Waals surface area contributed by atoms with Crippen LogP contribution in [0.2, 0.25) is 0 Å². The van der Waals surface area contributed by atoms with Gasteiger partial charge in [-0.05, 0) is 162 Å².